The normalized spacial score (nSPS) is 35.8. The zero-order valence-electron chi connectivity index (χ0n) is 10.3. The number of nitrogens with zero attached hydrogens (tertiary/aromatic N) is 1. The molecule has 2 saturated heterocycles. The van der Waals surface area contributed by atoms with E-state index in [1.54, 1.807) is 0 Å². The smallest absolute Gasteiger partial charge is 0.226 e. The van der Waals surface area contributed by atoms with Crippen LogP contribution in [0.3, 0.4) is 0 Å². The van der Waals surface area contributed by atoms with Gasteiger partial charge in [-0.05, 0) is 6.42 Å². The molecule has 3 rings (SSSR count). The molecule has 0 aromatic carbocycles. The SMILES string of the molecule is N#CC1CC2OC1CC(=O)C2(O)c1occc(=O)c1O. The number of rotatable bonds is 1. The number of Topliss-reactive ketones (excluding diaryl/α,β-unsaturated/α-hetero) is 1. The van der Waals surface area contributed by atoms with E-state index in [-0.39, 0.29) is 12.8 Å². The van der Waals surface area contributed by atoms with Crippen LogP contribution in [0.4, 0.5) is 0 Å². The largest absolute Gasteiger partial charge is 0.502 e. The second-order valence-corrected chi connectivity index (χ2v) is 4.99. The Kier molecular flexibility index (Phi) is 2.67. The number of hydrogen-bond acceptors (Lipinski definition) is 7. The lowest BCUT2D eigenvalue weighted by Crippen LogP contribution is -2.51. The first-order chi connectivity index (χ1) is 9.48. The van der Waals surface area contributed by atoms with Gasteiger partial charge in [0.05, 0.1) is 24.4 Å². The van der Waals surface area contributed by atoms with Crippen LogP contribution in [0.15, 0.2) is 21.5 Å². The Balaban J connectivity index is 2.12. The van der Waals surface area contributed by atoms with Gasteiger partial charge in [-0.1, -0.05) is 0 Å². The number of carbonyl (C=O) groups is 1. The van der Waals surface area contributed by atoms with Gasteiger partial charge in [-0.3, -0.25) is 9.59 Å². The summed E-state index contributed by atoms with van der Waals surface area (Å²) >= 11 is 0. The van der Waals surface area contributed by atoms with Crippen LogP contribution < -0.4 is 5.43 Å². The summed E-state index contributed by atoms with van der Waals surface area (Å²) in [5.74, 6) is -2.46. The van der Waals surface area contributed by atoms with E-state index in [0.29, 0.717) is 0 Å². The van der Waals surface area contributed by atoms with Crippen LogP contribution in [-0.2, 0) is 15.1 Å². The minimum Gasteiger partial charge on any atom is -0.502 e. The van der Waals surface area contributed by atoms with Crippen molar-refractivity contribution in [3.8, 4) is 11.8 Å². The Morgan fingerprint density at radius 2 is 2.20 bits per heavy atom. The molecule has 7 nitrogen and oxygen atoms in total. The number of hydrogen-bond donors (Lipinski definition) is 2. The molecule has 2 fully saturated rings. The summed E-state index contributed by atoms with van der Waals surface area (Å²) in [5, 5.41) is 29.4. The predicted molar refractivity (Wildman–Crippen MR) is 62.5 cm³/mol. The van der Waals surface area contributed by atoms with Crippen molar-refractivity contribution in [2.24, 2.45) is 5.92 Å². The summed E-state index contributed by atoms with van der Waals surface area (Å²) in [5.41, 5.74) is -2.99. The van der Waals surface area contributed by atoms with E-state index in [1.807, 2.05) is 6.07 Å². The van der Waals surface area contributed by atoms with Crippen molar-refractivity contribution in [2.45, 2.75) is 30.7 Å². The molecule has 2 aliphatic heterocycles. The highest BCUT2D eigenvalue weighted by Crippen LogP contribution is 2.46. The highest BCUT2D eigenvalue weighted by molar-refractivity contribution is 5.90. The summed E-state index contributed by atoms with van der Waals surface area (Å²) < 4.78 is 10.5. The van der Waals surface area contributed by atoms with Crippen molar-refractivity contribution in [1.82, 2.24) is 0 Å². The van der Waals surface area contributed by atoms with Gasteiger partial charge >= 0.3 is 0 Å². The molecule has 0 spiro atoms. The lowest BCUT2D eigenvalue weighted by molar-refractivity contribution is -0.178. The van der Waals surface area contributed by atoms with Gasteiger partial charge in [-0.25, -0.2) is 0 Å². The molecule has 2 bridgehead atoms. The number of nitriles is 1. The van der Waals surface area contributed by atoms with Crippen LogP contribution in [-0.4, -0.2) is 28.2 Å². The van der Waals surface area contributed by atoms with E-state index in [4.69, 9.17) is 14.4 Å². The summed E-state index contributed by atoms with van der Waals surface area (Å²) in [6.07, 6.45) is -0.596. The van der Waals surface area contributed by atoms with Crippen LogP contribution in [0.5, 0.6) is 5.75 Å². The second-order valence-electron chi connectivity index (χ2n) is 4.99. The maximum atomic E-state index is 12.2. The van der Waals surface area contributed by atoms with Crippen molar-refractivity contribution in [1.29, 1.82) is 5.26 Å². The molecule has 20 heavy (non-hydrogen) atoms. The molecule has 0 radical (unpaired) electrons. The third kappa shape index (κ3) is 1.52. The monoisotopic (exact) mass is 277 g/mol. The van der Waals surface area contributed by atoms with E-state index in [0.717, 1.165) is 12.3 Å². The van der Waals surface area contributed by atoms with Crippen LogP contribution in [0.1, 0.15) is 18.6 Å². The molecule has 2 aliphatic rings. The summed E-state index contributed by atoms with van der Waals surface area (Å²) in [4.78, 5) is 23.6. The fraction of sp³-hybridized carbons (Fsp3) is 0.462. The zero-order valence-corrected chi connectivity index (χ0v) is 10.3. The van der Waals surface area contributed by atoms with Crippen molar-refractivity contribution >= 4 is 5.78 Å². The molecule has 4 unspecified atom stereocenters. The summed E-state index contributed by atoms with van der Waals surface area (Å²) in [6, 6.07) is 3.01. The van der Waals surface area contributed by atoms with Crippen molar-refractivity contribution in [3.05, 3.63) is 28.3 Å². The molecule has 104 valence electrons. The van der Waals surface area contributed by atoms with Crippen molar-refractivity contribution < 1.29 is 24.2 Å². The standard InChI is InChI=1S/C13H11NO6/c14-5-6-3-10-13(18,9(16)4-8(6)20-10)12-11(17)7(15)1-2-19-12/h1-2,6,8,10,17-18H,3-4H2. The van der Waals surface area contributed by atoms with E-state index >= 15 is 0 Å². The number of aromatic hydroxyl groups is 1. The van der Waals surface area contributed by atoms with Crippen LogP contribution >= 0.6 is 0 Å². The van der Waals surface area contributed by atoms with Gasteiger partial charge in [0.15, 0.2) is 11.5 Å². The number of aliphatic hydroxyl groups is 1. The van der Waals surface area contributed by atoms with Gasteiger partial charge < -0.3 is 19.4 Å². The van der Waals surface area contributed by atoms with Crippen LogP contribution in [0.2, 0.25) is 0 Å². The minimum atomic E-state index is -2.23. The number of ketones is 1. The summed E-state index contributed by atoms with van der Waals surface area (Å²) in [6.45, 7) is 0. The zero-order chi connectivity index (χ0) is 14.5. The van der Waals surface area contributed by atoms with Crippen LogP contribution in [0, 0.1) is 17.2 Å². The van der Waals surface area contributed by atoms with Gasteiger partial charge in [0.25, 0.3) is 0 Å². The lowest BCUT2D eigenvalue weighted by Gasteiger charge is -2.35. The van der Waals surface area contributed by atoms with Gasteiger partial charge in [-0.2, -0.15) is 5.26 Å². The number of ether oxygens (including phenoxy) is 1. The third-order valence-corrected chi connectivity index (χ3v) is 3.90. The van der Waals surface area contributed by atoms with Crippen molar-refractivity contribution in [3.63, 3.8) is 0 Å². The molecular weight excluding hydrogens is 266 g/mol. The molecule has 0 aliphatic carbocycles. The van der Waals surface area contributed by atoms with Crippen LogP contribution in [0.25, 0.3) is 0 Å². The number of carbonyl (C=O) groups excluding carboxylic acids is 1. The van der Waals surface area contributed by atoms with E-state index in [1.165, 1.54) is 0 Å². The Morgan fingerprint density at radius 3 is 2.90 bits per heavy atom. The number of fused-ring (bicyclic) bond motifs is 2. The maximum Gasteiger partial charge on any atom is 0.226 e. The van der Waals surface area contributed by atoms with E-state index in [9.17, 15) is 19.8 Å². The molecule has 1 aromatic heterocycles. The topological polar surface area (TPSA) is 121 Å². The first-order valence-electron chi connectivity index (χ1n) is 6.10. The lowest BCUT2D eigenvalue weighted by atomic mass is 9.85. The van der Waals surface area contributed by atoms with E-state index in [2.05, 4.69) is 0 Å². The maximum absolute atomic E-state index is 12.2. The second kappa shape index (κ2) is 4.16. The molecule has 3 heterocycles. The molecule has 4 atom stereocenters. The first kappa shape index (κ1) is 12.8. The molecule has 7 heteroatoms. The molecule has 1 aromatic rings. The summed E-state index contributed by atoms with van der Waals surface area (Å²) in [7, 11) is 0. The molecule has 0 saturated carbocycles. The highest BCUT2D eigenvalue weighted by atomic mass is 16.5. The Hall–Kier alpha value is -2.17. The minimum absolute atomic E-state index is 0.140. The van der Waals surface area contributed by atoms with Gasteiger partial charge in [0.1, 0.15) is 6.10 Å². The van der Waals surface area contributed by atoms with Gasteiger partial charge in [0.2, 0.25) is 16.8 Å². The van der Waals surface area contributed by atoms with E-state index < -0.39 is 46.4 Å². The first-order valence-corrected chi connectivity index (χ1v) is 6.10. The quantitative estimate of drug-likeness (QED) is 0.729. The predicted octanol–water partition coefficient (Wildman–Crippen LogP) is -0.197. The fourth-order valence-electron chi connectivity index (χ4n) is 2.81. The van der Waals surface area contributed by atoms with Gasteiger partial charge in [0, 0.05) is 12.5 Å². The Labute approximate surface area is 113 Å². The average molecular weight is 277 g/mol. The Bertz CT molecular complexity index is 674. The fourth-order valence-corrected chi connectivity index (χ4v) is 2.81. The molecule has 2 N–H and O–H groups in total. The highest BCUT2D eigenvalue weighted by Gasteiger charge is 2.60. The third-order valence-electron chi connectivity index (χ3n) is 3.90. The average Bonchev–Trinajstić information content (AvgIpc) is 2.79. The van der Waals surface area contributed by atoms with Gasteiger partial charge in [-0.15, -0.1) is 0 Å². The van der Waals surface area contributed by atoms with Crippen molar-refractivity contribution in [2.75, 3.05) is 0 Å². The molecule has 0 amide bonds. The molecular formula is C13H11NO6. The Morgan fingerprint density at radius 1 is 1.45 bits per heavy atom.